The van der Waals surface area contributed by atoms with Gasteiger partial charge in [-0.15, -0.1) is 0 Å². The molecule has 4 saturated carbocycles. The van der Waals surface area contributed by atoms with Crippen LogP contribution in [0.5, 0.6) is 0 Å². The molecule has 0 aliphatic heterocycles. The lowest BCUT2D eigenvalue weighted by molar-refractivity contribution is -0.158. The van der Waals surface area contributed by atoms with E-state index in [-0.39, 0.29) is 23.5 Å². The second kappa shape index (κ2) is 7.07. The number of rotatable bonds is 7. The van der Waals surface area contributed by atoms with E-state index in [1.165, 1.54) is 13.8 Å². The molecular formula is C22H28F2N2O4S. The Labute approximate surface area is 181 Å². The third-order valence-electron chi connectivity index (χ3n) is 7.51. The van der Waals surface area contributed by atoms with E-state index in [1.54, 1.807) is 0 Å². The number of primary amides is 1. The Morgan fingerprint density at radius 2 is 1.77 bits per heavy atom. The molecule has 0 aromatic heterocycles. The average Bonchev–Trinajstić information content (AvgIpc) is 2.58. The molecule has 2 atom stereocenters. The topological polar surface area (TPSA) is 106 Å². The Bertz CT molecular complexity index is 1040. The van der Waals surface area contributed by atoms with Gasteiger partial charge in [0.05, 0.1) is 11.0 Å². The van der Waals surface area contributed by atoms with Gasteiger partial charge in [0.1, 0.15) is 16.5 Å². The van der Waals surface area contributed by atoms with Crippen LogP contribution < -0.4 is 10.5 Å². The summed E-state index contributed by atoms with van der Waals surface area (Å²) in [6.45, 7) is 2.89. The van der Waals surface area contributed by atoms with Crippen molar-refractivity contribution < 1.29 is 26.8 Å². The first-order valence-electron chi connectivity index (χ1n) is 10.6. The normalized spacial score (nSPS) is 32.3. The van der Waals surface area contributed by atoms with Crippen LogP contribution in [0.4, 0.5) is 8.78 Å². The first-order valence-corrected chi connectivity index (χ1v) is 12.1. The van der Waals surface area contributed by atoms with Crippen molar-refractivity contribution in [3.8, 4) is 0 Å². The maximum Gasteiger partial charge on any atom is 0.244 e. The van der Waals surface area contributed by atoms with Crippen LogP contribution in [0.3, 0.4) is 0 Å². The molecule has 4 aliphatic carbocycles. The molecule has 0 heterocycles. The van der Waals surface area contributed by atoms with Crippen molar-refractivity contribution in [3.05, 3.63) is 29.8 Å². The van der Waals surface area contributed by atoms with E-state index >= 15 is 0 Å². The van der Waals surface area contributed by atoms with Gasteiger partial charge in [0.25, 0.3) is 0 Å². The Kier molecular flexibility index (Phi) is 5.09. The highest BCUT2D eigenvalue weighted by atomic mass is 32.2. The molecule has 3 N–H and O–H groups in total. The summed E-state index contributed by atoms with van der Waals surface area (Å²) in [5.74, 6) is -2.02. The summed E-state index contributed by atoms with van der Waals surface area (Å²) in [6, 6.07) is 2.18. The molecule has 2 unspecified atom stereocenters. The number of nitrogens with one attached hydrogen (secondary N) is 1. The van der Waals surface area contributed by atoms with E-state index in [0.29, 0.717) is 24.3 Å². The van der Waals surface area contributed by atoms with E-state index < -0.39 is 37.5 Å². The summed E-state index contributed by atoms with van der Waals surface area (Å²) in [6.07, 6.45) is 4.95. The fourth-order valence-corrected chi connectivity index (χ4v) is 8.11. The first kappa shape index (κ1) is 22.3. The SMILES string of the molecule is CC(C)(NS(=O)(=O)c1ccc(F)cc1F)C(=O)CC12CC3CC(C1)CC(C(N)=O)(C3)C2. The zero-order chi connectivity index (χ0) is 22.8. The summed E-state index contributed by atoms with van der Waals surface area (Å²) in [5.41, 5.74) is 3.34. The van der Waals surface area contributed by atoms with Crippen LogP contribution in [0, 0.1) is 34.3 Å². The number of halogens is 2. The molecule has 4 bridgehead atoms. The maximum atomic E-state index is 14.0. The molecule has 1 amide bonds. The molecule has 170 valence electrons. The lowest BCUT2D eigenvalue weighted by atomic mass is 9.43. The number of nitrogens with two attached hydrogens (primary N) is 1. The minimum Gasteiger partial charge on any atom is -0.369 e. The molecule has 5 rings (SSSR count). The standard InChI is InChI=1S/C22H28F2N2O4S/c1-20(2,26-31(29,30)17-4-3-15(23)6-16(17)24)18(27)11-21-7-13-5-14(8-21)10-22(9-13,12-21)19(25)28/h3-4,6,13-14,26H,5,7-12H2,1-2H3,(H2,25,28). The fraction of sp³-hybridized carbons (Fsp3) is 0.636. The quantitative estimate of drug-likeness (QED) is 0.660. The molecule has 6 nitrogen and oxygen atoms in total. The summed E-state index contributed by atoms with van der Waals surface area (Å²) < 4.78 is 54.9. The summed E-state index contributed by atoms with van der Waals surface area (Å²) in [4.78, 5) is 24.8. The molecule has 31 heavy (non-hydrogen) atoms. The summed E-state index contributed by atoms with van der Waals surface area (Å²) in [7, 11) is -4.39. The summed E-state index contributed by atoms with van der Waals surface area (Å²) in [5, 5.41) is 0. The van der Waals surface area contributed by atoms with E-state index in [9.17, 15) is 26.8 Å². The van der Waals surface area contributed by atoms with Gasteiger partial charge in [0, 0.05) is 12.5 Å². The first-order chi connectivity index (χ1) is 14.3. The Morgan fingerprint density at radius 1 is 1.16 bits per heavy atom. The third-order valence-corrected chi connectivity index (χ3v) is 9.20. The molecule has 1 aromatic carbocycles. The van der Waals surface area contributed by atoms with Gasteiger partial charge >= 0.3 is 0 Å². The number of Topliss-reactive ketones (excluding diaryl/α,β-unsaturated/α-hetero) is 1. The molecular weight excluding hydrogens is 426 g/mol. The van der Waals surface area contributed by atoms with Gasteiger partial charge in [-0.25, -0.2) is 17.2 Å². The van der Waals surface area contributed by atoms with Crippen molar-refractivity contribution in [3.63, 3.8) is 0 Å². The minimum absolute atomic E-state index is 0.135. The summed E-state index contributed by atoms with van der Waals surface area (Å²) >= 11 is 0. The van der Waals surface area contributed by atoms with Crippen molar-refractivity contribution in [1.29, 1.82) is 0 Å². The van der Waals surface area contributed by atoms with Crippen molar-refractivity contribution in [2.75, 3.05) is 0 Å². The molecule has 4 aliphatic rings. The molecule has 9 heteroatoms. The van der Waals surface area contributed by atoms with Gasteiger partial charge in [-0.2, -0.15) is 4.72 Å². The number of amides is 1. The van der Waals surface area contributed by atoms with Crippen LogP contribution >= 0.6 is 0 Å². The van der Waals surface area contributed by atoms with E-state index in [1.807, 2.05) is 0 Å². The lowest BCUT2D eigenvalue weighted by Crippen LogP contribution is -2.58. The van der Waals surface area contributed by atoms with E-state index in [2.05, 4.69) is 4.72 Å². The number of hydrogen-bond donors (Lipinski definition) is 2. The molecule has 4 fully saturated rings. The van der Waals surface area contributed by atoms with Crippen LogP contribution in [0.2, 0.25) is 0 Å². The van der Waals surface area contributed by atoms with Crippen LogP contribution in [0.25, 0.3) is 0 Å². The zero-order valence-electron chi connectivity index (χ0n) is 17.7. The van der Waals surface area contributed by atoms with Crippen LogP contribution in [-0.2, 0) is 19.6 Å². The predicted molar refractivity (Wildman–Crippen MR) is 109 cm³/mol. The Morgan fingerprint density at radius 3 is 2.32 bits per heavy atom. The number of carbonyl (C=O) groups is 2. The highest BCUT2D eigenvalue weighted by molar-refractivity contribution is 7.89. The minimum atomic E-state index is -4.39. The molecule has 0 radical (unpaired) electrons. The third kappa shape index (κ3) is 3.91. The van der Waals surface area contributed by atoms with Crippen molar-refractivity contribution in [2.45, 2.75) is 69.2 Å². The van der Waals surface area contributed by atoms with E-state index in [4.69, 9.17) is 5.73 Å². The van der Waals surface area contributed by atoms with Gasteiger partial charge in [-0.3, -0.25) is 9.59 Å². The largest absolute Gasteiger partial charge is 0.369 e. The van der Waals surface area contributed by atoms with Gasteiger partial charge < -0.3 is 5.73 Å². The molecule has 0 spiro atoms. The lowest BCUT2D eigenvalue weighted by Gasteiger charge is -2.61. The highest BCUT2D eigenvalue weighted by Crippen LogP contribution is 2.66. The van der Waals surface area contributed by atoms with E-state index in [0.717, 1.165) is 44.2 Å². The number of hydrogen-bond acceptors (Lipinski definition) is 4. The number of carbonyl (C=O) groups excluding carboxylic acids is 2. The van der Waals surface area contributed by atoms with Crippen molar-refractivity contribution in [1.82, 2.24) is 4.72 Å². The second-order valence-corrected chi connectivity index (χ2v) is 12.2. The smallest absolute Gasteiger partial charge is 0.244 e. The van der Waals surface area contributed by atoms with Gasteiger partial charge in [-0.1, -0.05) is 0 Å². The van der Waals surface area contributed by atoms with Crippen LogP contribution in [0.1, 0.15) is 58.8 Å². The highest BCUT2D eigenvalue weighted by Gasteiger charge is 2.60. The second-order valence-electron chi connectivity index (χ2n) is 10.5. The van der Waals surface area contributed by atoms with Crippen LogP contribution in [0.15, 0.2) is 23.1 Å². The van der Waals surface area contributed by atoms with Gasteiger partial charge in [0.2, 0.25) is 15.9 Å². The number of sulfonamides is 1. The van der Waals surface area contributed by atoms with Crippen LogP contribution in [-0.4, -0.2) is 25.6 Å². The predicted octanol–water partition coefficient (Wildman–Crippen LogP) is 3.05. The number of ketones is 1. The van der Waals surface area contributed by atoms with Crippen molar-refractivity contribution >= 4 is 21.7 Å². The Balaban J connectivity index is 1.55. The van der Waals surface area contributed by atoms with Gasteiger partial charge in [0.15, 0.2) is 5.78 Å². The average molecular weight is 455 g/mol. The molecule has 0 saturated heterocycles. The monoisotopic (exact) mass is 454 g/mol. The maximum absolute atomic E-state index is 14.0. The Hall–Kier alpha value is -1.87. The number of benzene rings is 1. The zero-order valence-corrected chi connectivity index (χ0v) is 18.5. The van der Waals surface area contributed by atoms with Crippen molar-refractivity contribution in [2.24, 2.45) is 28.4 Å². The van der Waals surface area contributed by atoms with Gasteiger partial charge in [-0.05, 0) is 81.8 Å². The fourth-order valence-electron chi connectivity index (χ4n) is 6.65. The molecule has 1 aromatic rings.